The Hall–Kier alpha value is -2.04. The molecule has 0 aliphatic rings. The van der Waals surface area contributed by atoms with E-state index in [0.29, 0.717) is 23.2 Å². The fourth-order valence-corrected chi connectivity index (χ4v) is 1.74. The number of halogens is 1. The SMILES string of the molecule is Nc1[nH]c2ccc(F)cc2c1CCC(=O)O. The van der Waals surface area contributed by atoms with Crippen LogP contribution in [0.25, 0.3) is 10.9 Å². The molecule has 2 rings (SSSR count). The minimum atomic E-state index is -0.898. The van der Waals surface area contributed by atoms with Gasteiger partial charge in [-0.1, -0.05) is 0 Å². The van der Waals surface area contributed by atoms with Gasteiger partial charge in [0.15, 0.2) is 0 Å². The molecule has 0 spiro atoms. The number of nitrogens with one attached hydrogen (secondary N) is 1. The van der Waals surface area contributed by atoms with Gasteiger partial charge in [0.25, 0.3) is 0 Å². The molecule has 0 fully saturated rings. The van der Waals surface area contributed by atoms with E-state index in [1.54, 1.807) is 6.07 Å². The zero-order chi connectivity index (χ0) is 11.7. The number of aromatic nitrogens is 1. The zero-order valence-electron chi connectivity index (χ0n) is 8.46. The van der Waals surface area contributed by atoms with Crippen molar-refractivity contribution in [3.63, 3.8) is 0 Å². The van der Waals surface area contributed by atoms with E-state index in [0.717, 1.165) is 5.52 Å². The Balaban J connectivity index is 2.45. The van der Waals surface area contributed by atoms with Crippen LogP contribution in [0.15, 0.2) is 18.2 Å². The predicted molar refractivity (Wildman–Crippen MR) is 58.6 cm³/mol. The lowest BCUT2D eigenvalue weighted by molar-refractivity contribution is -0.136. The summed E-state index contributed by atoms with van der Waals surface area (Å²) in [5.74, 6) is -0.852. The van der Waals surface area contributed by atoms with Crippen LogP contribution < -0.4 is 5.73 Å². The van der Waals surface area contributed by atoms with E-state index in [-0.39, 0.29) is 12.2 Å². The Kier molecular flexibility index (Phi) is 2.52. The molecule has 0 bridgehead atoms. The lowest BCUT2D eigenvalue weighted by Gasteiger charge is -1.98. The summed E-state index contributed by atoms with van der Waals surface area (Å²) in [4.78, 5) is 13.4. The van der Waals surface area contributed by atoms with Crippen LogP contribution in [0.4, 0.5) is 10.2 Å². The van der Waals surface area contributed by atoms with Gasteiger partial charge in [-0.25, -0.2) is 4.39 Å². The van der Waals surface area contributed by atoms with Gasteiger partial charge in [-0.05, 0) is 24.6 Å². The van der Waals surface area contributed by atoms with Crippen molar-refractivity contribution in [3.05, 3.63) is 29.6 Å². The van der Waals surface area contributed by atoms with Gasteiger partial charge in [-0.15, -0.1) is 0 Å². The van der Waals surface area contributed by atoms with Crippen LogP contribution in [0.2, 0.25) is 0 Å². The maximum absolute atomic E-state index is 13.1. The van der Waals surface area contributed by atoms with Crippen molar-refractivity contribution >= 4 is 22.7 Å². The first-order valence-corrected chi connectivity index (χ1v) is 4.85. The van der Waals surface area contributed by atoms with Crippen molar-refractivity contribution in [2.45, 2.75) is 12.8 Å². The Morgan fingerprint density at radius 1 is 1.50 bits per heavy atom. The second-order valence-corrected chi connectivity index (χ2v) is 3.60. The standard InChI is InChI=1S/C11H11FN2O2/c12-6-1-3-9-8(5-6)7(11(13)14-9)2-4-10(15)16/h1,3,5,14H,2,4,13H2,(H,15,16). The van der Waals surface area contributed by atoms with E-state index in [2.05, 4.69) is 4.98 Å². The first-order valence-electron chi connectivity index (χ1n) is 4.85. The summed E-state index contributed by atoms with van der Waals surface area (Å²) in [7, 11) is 0. The van der Waals surface area contributed by atoms with Crippen LogP contribution in [0.1, 0.15) is 12.0 Å². The third-order valence-corrected chi connectivity index (χ3v) is 2.49. The summed E-state index contributed by atoms with van der Waals surface area (Å²) in [5.41, 5.74) is 7.10. The Bertz CT molecular complexity index is 548. The number of hydrogen-bond acceptors (Lipinski definition) is 2. The third kappa shape index (κ3) is 1.84. The van der Waals surface area contributed by atoms with Gasteiger partial charge in [-0.3, -0.25) is 4.79 Å². The average molecular weight is 222 g/mol. The highest BCUT2D eigenvalue weighted by atomic mass is 19.1. The summed E-state index contributed by atoms with van der Waals surface area (Å²) in [6.45, 7) is 0. The van der Waals surface area contributed by atoms with Gasteiger partial charge in [0.2, 0.25) is 0 Å². The molecular formula is C11H11FN2O2. The van der Waals surface area contributed by atoms with Gasteiger partial charge >= 0.3 is 5.97 Å². The Morgan fingerprint density at radius 2 is 2.25 bits per heavy atom. The number of benzene rings is 1. The molecule has 1 aromatic carbocycles. The number of fused-ring (bicyclic) bond motifs is 1. The number of anilines is 1. The number of aliphatic carboxylic acids is 1. The molecule has 0 aliphatic carbocycles. The minimum Gasteiger partial charge on any atom is -0.481 e. The second kappa shape index (κ2) is 3.84. The Morgan fingerprint density at radius 3 is 2.94 bits per heavy atom. The molecule has 4 nitrogen and oxygen atoms in total. The molecule has 0 atom stereocenters. The Labute approximate surface area is 90.9 Å². The van der Waals surface area contributed by atoms with Gasteiger partial charge in [0.05, 0.1) is 0 Å². The molecule has 2 aromatic rings. The molecule has 0 saturated heterocycles. The summed E-state index contributed by atoms with van der Waals surface area (Å²) < 4.78 is 13.1. The highest BCUT2D eigenvalue weighted by Crippen LogP contribution is 2.26. The zero-order valence-corrected chi connectivity index (χ0v) is 8.46. The molecule has 1 heterocycles. The first kappa shape index (κ1) is 10.5. The van der Waals surface area contributed by atoms with Gasteiger partial charge in [-0.2, -0.15) is 0 Å². The molecule has 1 aromatic heterocycles. The maximum Gasteiger partial charge on any atom is 0.303 e. The van der Waals surface area contributed by atoms with Crippen molar-refractivity contribution in [3.8, 4) is 0 Å². The lowest BCUT2D eigenvalue weighted by atomic mass is 10.1. The smallest absolute Gasteiger partial charge is 0.303 e. The van der Waals surface area contributed by atoms with E-state index < -0.39 is 5.97 Å². The molecule has 0 saturated carbocycles. The third-order valence-electron chi connectivity index (χ3n) is 2.49. The fraction of sp³-hybridized carbons (Fsp3) is 0.182. The number of aryl methyl sites for hydroxylation is 1. The monoisotopic (exact) mass is 222 g/mol. The molecule has 0 radical (unpaired) electrons. The molecule has 0 unspecified atom stereocenters. The van der Waals surface area contributed by atoms with Crippen molar-refractivity contribution in [1.29, 1.82) is 0 Å². The minimum absolute atomic E-state index is 0.0202. The topological polar surface area (TPSA) is 79.1 Å². The number of nitrogen functional groups attached to an aromatic ring is 1. The number of hydrogen-bond donors (Lipinski definition) is 3. The van der Waals surface area contributed by atoms with Crippen LogP contribution in [0.5, 0.6) is 0 Å². The largest absolute Gasteiger partial charge is 0.481 e. The van der Waals surface area contributed by atoms with Crippen LogP contribution in [-0.2, 0) is 11.2 Å². The number of carboxylic acids is 1. The average Bonchev–Trinajstić information content (AvgIpc) is 2.51. The van der Waals surface area contributed by atoms with Gasteiger partial charge in [0, 0.05) is 22.9 Å². The van der Waals surface area contributed by atoms with Crippen LogP contribution in [-0.4, -0.2) is 16.1 Å². The van der Waals surface area contributed by atoms with Gasteiger partial charge in [0.1, 0.15) is 11.6 Å². The summed E-state index contributed by atoms with van der Waals surface area (Å²) in [5, 5.41) is 9.26. The molecular weight excluding hydrogens is 211 g/mol. The molecule has 84 valence electrons. The van der Waals surface area contributed by atoms with E-state index in [9.17, 15) is 9.18 Å². The van der Waals surface area contributed by atoms with Crippen molar-refractivity contribution < 1.29 is 14.3 Å². The number of nitrogens with two attached hydrogens (primary N) is 1. The van der Waals surface area contributed by atoms with E-state index in [4.69, 9.17) is 10.8 Å². The quantitative estimate of drug-likeness (QED) is 0.742. The van der Waals surface area contributed by atoms with Crippen molar-refractivity contribution in [2.75, 3.05) is 5.73 Å². The molecule has 5 heteroatoms. The summed E-state index contributed by atoms with van der Waals surface area (Å²) in [6, 6.07) is 4.28. The van der Waals surface area contributed by atoms with Crippen LogP contribution in [0.3, 0.4) is 0 Å². The molecule has 0 amide bonds. The highest BCUT2D eigenvalue weighted by Gasteiger charge is 2.11. The number of aromatic amines is 1. The number of carbonyl (C=O) groups is 1. The number of carboxylic acid groups (broad SMARTS) is 1. The van der Waals surface area contributed by atoms with Crippen LogP contribution in [0, 0.1) is 5.82 Å². The normalized spacial score (nSPS) is 10.8. The number of H-pyrrole nitrogens is 1. The highest BCUT2D eigenvalue weighted by molar-refractivity contribution is 5.88. The van der Waals surface area contributed by atoms with E-state index in [1.807, 2.05) is 0 Å². The maximum atomic E-state index is 13.1. The summed E-state index contributed by atoms with van der Waals surface area (Å²) >= 11 is 0. The molecule has 4 N–H and O–H groups in total. The van der Waals surface area contributed by atoms with Gasteiger partial charge < -0.3 is 15.8 Å². The fourth-order valence-electron chi connectivity index (χ4n) is 1.74. The lowest BCUT2D eigenvalue weighted by Crippen LogP contribution is -1.99. The van der Waals surface area contributed by atoms with E-state index in [1.165, 1.54) is 12.1 Å². The summed E-state index contributed by atoms with van der Waals surface area (Å²) in [6.07, 6.45) is 0.276. The second-order valence-electron chi connectivity index (χ2n) is 3.60. The number of rotatable bonds is 3. The van der Waals surface area contributed by atoms with Crippen molar-refractivity contribution in [2.24, 2.45) is 0 Å². The predicted octanol–water partition coefficient (Wildman–Crippen LogP) is 1.91. The molecule has 16 heavy (non-hydrogen) atoms. The van der Waals surface area contributed by atoms with Crippen molar-refractivity contribution in [1.82, 2.24) is 4.98 Å². The van der Waals surface area contributed by atoms with Crippen LogP contribution >= 0.6 is 0 Å². The molecule has 0 aliphatic heterocycles. The van der Waals surface area contributed by atoms with E-state index >= 15 is 0 Å². The first-order chi connectivity index (χ1) is 7.58.